The summed E-state index contributed by atoms with van der Waals surface area (Å²) in [6.45, 7) is 2.05. The Bertz CT molecular complexity index is 687. The number of carbonyl (C=O) groups is 1. The molecular formula is C19H21Cl2NO2S. The molecule has 134 valence electrons. The first kappa shape index (κ1) is 20.0. The lowest BCUT2D eigenvalue weighted by Gasteiger charge is -2.18. The number of hydrogen-bond donors (Lipinski definition) is 1. The van der Waals surface area contributed by atoms with E-state index in [0.717, 1.165) is 23.3 Å². The predicted molar refractivity (Wildman–Crippen MR) is 107 cm³/mol. The van der Waals surface area contributed by atoms with Gasteiger partial charge in [-0.3, -0.25) is 4.79 Å². The van der Waals surface area contributed by atoms with Crippen molar-refractivity contribution in [2.75, 3.05) is 12.9 Å². The number of amides is 1. The fraction of sp³-hybridized carbons (Fsp3) is 0.316. The van der Waals surface area contributed by atoms with Gasteiger partial charge < -0.3 is 10.1 Å². The Morgan fingerprint density at radius 1 is 1.16 bits per heavy atom. The number of benzene rings is 2. The first-order valence-electron chi connectivity index (χ1n) is 7.99. The van der Waals surface area contributed by atoms with E-state index in [-0.39, 0.29) is 11.9 Å². The summed E-state index contributed by atoms with van der Waals surface area (Å²) in [7, 11) is 1.64. The van der Waals surface area contributed by atoms with Crippen LogP contribution in [0.15, 0.2) is 42.5 Å². The Kier molecular flexibility index (Phi) is 7.94. The molecule has 0 radical (unpaired) electrons. The van der Waals surface area contributed by atoms with Crippen molar-refractivity contribution < 1.29 is 9.53 Å². The van der Waals surface area contributed by atoms with E-state index in [2.05, 4.69) is 5.32 Å². The Balaban J connectivity index is 1.87. The van der Waals surface area contributed by atoms with E-state index in [4.69, 9.17) is 27.9 Å². The molecule has 1 amide bonds. The van der Waals surface area contributed by atoms with Crippen molar-refractivity contribution in [3.8, 4) is 5.75 Å². The van der Waals surface area contributed by atoms with Crippen LogP contribution < -0.4 is 10.1 Å². The molecule has 0 heterocycles. The second-order valence-electron chi connectivity index (χ2n) is 5.49. The van der Waals surface area contributed by atoms with Crippen LogP contribution in [0.4, 0.5) is 0 Å². The smallest absolute Gasteiger partial charge is 0.230 e. The molecule has 25 heavy (non-hydrogen) atoms. The first-order chi connectivity index (χ1) is 12.0. The molecule has 0 unspecified atom stereocenters. The highest BCUT2D eigenvalue weighted by molar-refractivity contribution is 7.99. The highest BCUT2D eigenvalue weighted by Gasteiger charge is 2.13. The third-order valence-corrected chi connectivity index (χ3v) is 5.47. The van der Waals surface area contributed by atoms with Crippen molar-refractivity contribution >= 4 is 40.9 Å². The van der Waals surface area contributed by atoms with E-state index in [1.807, 2.05) is 37.3 Å². The maximum atomic E-state index is 12.2. The molecule has 6 heteroatoms. The minimum atomic E-state index is -0.0112. The monoisotopic (exact) mass is 397 g/mol. The SMILES string of the molecule is CC[C@@H](NC(=O)CSCc1c(Cl)cccc1Cl)c1ccc(OC)cc1. The topological polar surface area (TPSA) is 38.3 Å². The van der Waals surface area contributed by atoms with Gasteiger partial charge in [-0.25, -0.2) is 0 Å². The lowest BCUT2D eigenvalue weighted by Crippen LogP contribution is -2.29. The highest BCUT2D eigenvalue weighted by Crippen LogP contribution is 2.28. The molecule has 1 N–H and O–H groups in total. The predicted octanol–water partition coefficient (Wildman–Crippen LogP) is 5.50. The third kappa shape index (κ3) is 5.84. The van der Waals surface area contributed by atoms with Crippen LogP contribution in [0.1, 0.15) is 30.5 Å². The molecular weight excluding hydrogens is 377 g/mol. The summed E-state index contributed by atoms with van der Waals surface area (Å²) in [4.78, 5) is 12.2. The summed E-state index contributed by atoms with van der Waals surface area (Å²) in [5.41, 5.74) is 1.93. The number of rotatable bonds is 8. The Morgan fingerprint density at radius 2 is 1.80 bits per heavy atom. The van der Waals surface area contributed by atoms with Gasteiger partial charge in [-0.1, -0.05) is 48.3 Å². The number of ether oxygens (including phenoxy) is 1. The second-order valence-corrected chi connectivity index (χ2v) is 7.29. The van der Waals surface area contributed by atoms with Crippen molar-refractivity contribution in [1.82, 2.24) is 5.32 Å². The summed E-state index contributed by atoms with van der Waals surface area (Å²) in [6, 6.07) is 13.2. The fourth-order valence-electron chi connectivity index (χ4n) is 2.41. The minimum absolute atomic E-state index is 0.00385. The van der Waals surface area contributed by atoms with Crippen LogP contribution >= 0.6 is 35.0 Å². The van der Waals surface area contributed by atoms with Gasteiger partial charge in [0.2, 0.25) is 5.91 Å². The number of methoxy groups -OCH3 is 1. The third-order valence-electron chi connectivity index (χ3n) is 3.80. The molecule has 2 aromatic rings. The minimum Gasteiger partial charge on any atom is -0.497 e. The summed E-state index contributed by atoms with van der Waals surface area (Å²) in [5, 5.41) is 4.33. The molecule has 2 rings (SSSR count). The maximum Gasteiger partial charge on any atom is 0.230 e. The average Bonchev–Trinajstić information content (AvgIpc) is 2.62. The molecule has 0 spiro atoms. The van der Waals surface area contributed by atoms with E-state index in [1.165, 1.54) is 11.8 Å². The molecule has 0 aromatic heterocycles. The number of thioether (sulfide) groups is 1. The standard InChI is InChI=1S/C19H21Cl2NO2S/c1-3-18(13-7-9-14(24-2)10-8-13)22-19(23)12-25-11-15-16(20)5-4-6-17(15)21/h4-10,18H,3,11-12H2,1-2H3,(H,22,23)/t18-/m1/s1. The van der Waals surface area contributed by atoms with Gasteiger partial charge in [0.1, 0.15) is 5.75 Å². The number of hydrogen-bond acceptors (Lipinski definition) is 3. The van der Waals surface area contributed by atoms with Gasteiger partial charge in [0.25, 0.3) is 0 Å². The number of halogens is 2. The van der Waals surface area contributed by atoms with Gasteiger partial charge in [-0.05, 0) is 41.8 Å². The van der Waals surface area contributed by atoms with Crippen LogP contribution in [0, 0.1) is 0 Å². The van der Waals surface area contributed by atoms with E-state index in [1.54, 1.807) is 19.2 Å². The van der Waals surface area contributed by atoms with Gasteiger partial charge in [0.15, 0.2) is 0 Å². The van der Waals surface area contributed by atoms with Crippen molar-refractivity contribution in [2.45, 2.75) is 25.1 Å². The van der Waals surface area contributed by atoms with Gasteiger partial charge in [0, 0.05) is 15.8 Å². The van der Waals surface area contributed by atoms with E-state index < -0.39 is 0 Å². The summed E-state index contributed by atoms with van der Waals surface area (Å²) >= 11 is 13.8. The van der Waals surface area contributed by atoms with E-state index >= 15 is 0 Å². The quantitative estimate of drug-likeness (QED) is 0.638. The molecule has 0 aliphatic carbocycles. The van der Waals surface area contributed by atoms with Gasteiger partial charge >= 0.3 is 0 Å². The van der Waals surface area contributed by atoms with Gasteiger partial charge in [-0.2, -0.15) is 0 Å². The van der Waals surface area contributed by atoms with Crippen molar-refractivity contribution in [1.29, 1.82) is 0 Å². The maximum absolute atomic E-state index is 12.2. The molecule has 0 aliphatic rings. The lowest BCUT2D eigenvalue weighted by molar-refractivity contribution is -0.119. The Labute approximate surface area is 163 Å². The Hall–Kier alpha value is -1.36. The number of carbonyl (C=O) groups excluding carboxylic acids is 1. The molecule has 2 aromatic carbocycles. The molecule has 1 atom stereocenters. The van der Waals surface area contributed by atoms with Crippen LogP contribution in [0.25, 0.3) is 0 Å². The molecule has 3 nitrogen and oxygen atoms in total. The number of nitrogens with one attached hydrogen (secondary N) is 1. The first-order valence-corrected chi connectivity index (χ1v) is 9.90. The summed E-state index contributed by atoms with van der Waals surface area (Å²) in [6.07, 6.45) is 0.819. The highest BCUT2D eigenvalue weighted by atomic mass is 35.5. The molecule has 0 aliphatic heterocycles. The molecule has 0 fully saturated rings. The van der Waals surface area contributed by atoms with Crippen LogP contribution in [-0.2, 0) is 10.5 Å². The zero-order chi connectivity index (χ0) is 18.2. The molecule has 0 saturated carbocycles. The second kappa shape index (κ2) is 9.95. The average molecular weight is 398 g/mol. The normalized spacial score (nSPS) is 11.8. The fourth-order valence-corrected chi connectivity index (χ4v) is 3.98. The lowest BCUT2D eigenvalue weighted by atomic mass is 10.0. The van der Waals surface area contributed by atoms with Crippen LogP contribution in [0.5, 0.6) is 5.75 Å². The van der Waals surface area contributed by atoms with Crippen LogP contribution in [0.2, 0.25) is 10.0 Å². The summed E-state index contributed by atoms with van der Waals surface area (Å²) < 4.78 is 5.17. The Morgan fingerprint density at radius 3 is 2.36 bits per heavy atom. The zero-order valence-electron chi connectivity index (χ0n) is 14.2. The van der Waals surface area contributed by atoms with Gasteiger partial charge in [-0.15, -0.1) is 11.8 Å². The molecule has 0 bridgehead atoms. The zero-order valence-corrected chi connectivity index (χ0v) is 16.5. The van der Waals surface area contributed by atoms with Gasteiger partial charge in [0.05, 0.1) is 18.9 Å². The van der Waals surface area contributed by atoms with Crippen molar-refractivity contribution in [3.05, 3.63) is 63.6 Å². The van der Waals surface area contributed by atoms with Crippen molar-refractivity contribution in [2.24, 2.45) is 0 Å². The van der Waals surface area contributed by atoms with Crippen LogP contribution in [-0.4, -0.2) is 18.8 Å². The van der Waals surface area contributed by atoms with E-state index in [0.29, 0.717) is 21.6 Å². The largest absolute Gasteiger partial charge is 0.497 e. The summed E-state index contributed by atoms with van der Waals surface area (Å²) in [5.74, 6) is 1.76. The van der Waals surface area contributed by atoms with Crippen LogP contribution in [0.3, 0.4) is 0 Å². The van der Waals surface area contributed by atoms with Crippen molar-refractivity contribution in [3.63, 3.8) is 0 Å². The molecule has 0 saturated heterocycles. The van der Waals surface area contributed by atoms with E-state index in [9.17, 15) is 4.79 Å².